The molecule has 3 heterocycles. The van der Waals surface area contributed by atoms with E-state index in [9.17, 15) is 13.2 Å². The molecular formula is C17H20F3N7O2. The molecule has 0 saturated carbocycles. The van der Waals surface area contributed by atoms with Crippen LogP contribution in [0.3, 0.4) is 0 Å². The second-order valence-corrected chi connectivity index (χ2v) is 6.44. The SMILES string of the molecule is CN(C)c1cc2c(cn1)-c1nc(C(N=C(N)CO)=NCC(F)(F)F)cn1CCO2. The zero-order valence-corrected chi connectivity index (χ0v) is 15.8. The van der Waals surface area contributed by atoms with E-state index in [0.29, 0.717) is 36.1 Å². The van der Waals surface area contributed by atoms with Gasteiger partial charge in [0.25, 0.3) is 0 Å². The van der Waals surface area contributed by atoms with Gasteiger partial charge in [0.05, 0.1) is 12.1 Å². The number of anilines is 1. The Kier molecular flexibility index (Phi) is 5.73. The highest BCUT2D eigenvalue weighted by molar-refractivity contribution is 6.05. The van der Waals surface area contributed by atoms with Gasteiger partial charge in [-0.1, -0.05) is 0 Å². The van der Waals surface area contributed by atoms with Crippen LogP contribution in [0.4, 0.5) is 19.0 Å². The summed E-state index contributed by atoms with van der Waals surface area (Å²) in [6.07, 6.45) is -1.40. The number of nitrogens with zero attached hydrogens (tertiary/aromatic N) is 6. The molecule has 0 aromatic carbocycles. The van der Waals surface area contributed by atoms with Crippen LogP contribution in [0.1, 0.15) is 5.69 Å². The zero-order valence-electron chi connectivity index (χ0n) is 15.8. The Hall–Kier alpha value is -3.15. The summed E-state index contributed by atoms with van der Waals surface area (Å²) >= 11 is 0. The summed E-state index contributed by atoms with van der Waals surface area (Å²) < 4.78 is 45.4. The lowest BCUT2D eigenvalue weighted by Gasteiger charge is -2.13. The number of nitrogens with two attached hydrogens (primary N) is 1. The number of rotatable bonds is 4. The Morgan fingerprint density at radius 2 is 2.17 bits per heavy atom. The summed E-state index contributed by atoms with van der Waals surface area (Å²) in [6, 6.07) is 1.76. The first kappa shape index (κ1) is 20.6. The van der Waals surface area contributed by atoms with Gasteiger partial charge in [-0.2, -0.15) is 13.2 Å². The quantitative estimate of drug-likeness (QED) is 0.575. The molecule has 0 radical (unpaired) electrons. The van der Waals surface area contributed by atoms with Crippen LogP contribution in [0.2, 0.25) is 0 Å². The van der Waals surface area contributed by atoms with E-state index in [-0.39, 0.29) is 17.4 Å². The lowest BCUT2D eigenvalue weighted by atomic mass is 10.2. The van der Waals surface area contributed by atoms with E-state index in [1.165, 1.54) is 6.20 Å². The van der Waals surface area contributed by atoms with Gasteiger partial charge in [-0.15, -0.1) is 0 Å². The van der Waals surface area contributed by atoms with Crippen molar-refractivity contribution in [3.05, 3.63) is 24.2 Å². The summed E-state index contributed by atoms with van der Waals surface area (Å²) in [4.78, 5) is 17.9. The zero-order chi connectivity index (χ0) is 21.2. The largest absolute Gasteiger partial charge is 0.491 e. The molecule has 0 unspecified atom stereocenters. The van der Waals surface area contributed by atoms with Gasteiger partial charge in [0, 0.05) is 32.6 Å². The molecular weight excluding hydrogens is 391 g/mol. The summed E-state index contributed by atoms with van der Waals surface area (Å²) in [5.74, 6) is 1.14. The monoisotopic (exact) mass is 411 g/mol. The lowest BCUT2D eigenvalue weighted by molar-refractivity contribution is -0.118. The maximum atomic E-state index is 12.6. The molecule has 0 saturated heterocycles. The highest BCUT2D eigenvalue weighted by Crippen LogP contribution is 2.33. The van der Waals surface area contributed by atoms with Crippen LogP contribution < -0.4 is 15.4 Å². The molecule has 12 heteroatoms. The molecule has 0 atom stereocenters. The first-order valence-electron chi connectivity index (χ1n) is 8.61. The molecule has 0 spiro atoms. The number of halogens is 3. The highest BCUT2D eigenvalue weighted by Gasteiger charge is 2.28. The van der Waals surface area contributed by atoms with Crippen molar-refractivity contribution in [2.45, 2.75) is 12.7 Å². The fourth-order valence-corrected chi connectivity index (χ4v) is 2.63. The van der Waals surface area contributed by atoms with Crippen LogP contribution in [0.15, 0.2) is 28.4 Å². The first-order valence-corrected chi connectivity index (χ1v) is 8.61. The minimum absolute atomic E-state index is 0.102. The van der Waals surface area contributed by atoms with Gasteiger partial charge in [-0.25, -0.2) is 15.0 Å². The number of hydrogen-bond donors (Lipinski definition) is 2. The molecule has 3 rings (SSSR count). The van der Waals surface area contributed by atoms with Crippen molar-refractivity contribution in [3.8, 4) is 17.1 Å². The van der Waals surface area contributed by atoms with E-state index in [1.807, 2.05) is 19.0 Å². The molecule has 1 aliphatic heterocycles. The Labute approximate surface area is 164 Å². The van der Waals surface area contributed by atoms with Crippen LogP contribution in [0.25, 0.3) is 11.4 Å². The second-order valence-electron chi connectivity index (χ2n) is 6.44. The van der Waals surface area contributed by atoms with Crippen LogP contribution >= 0.6 is 0 Å². The van der Waals surface area contributed by atoms with Gasteiger partial charge in [-0.05, 0) is 0 Å². The van der Waals surface area contributed by atoms with E-state index in [2.05, 4.69) is 20.0 Å². The van der Waals surface area contributed by atoms with Crippen molar-refractivity contribution in [1.82, 2.24) is 14.5 Å². The number of aromatic nitrogens is 3. The Morgan fingerprint density at radius 3 is 2.83 bits per heavy atom. The van der Waals surface area contributed by atoms with E-state index < -0.39 is 19.3 Å². The molecule has 29 heavy (non-hydrogen) atoms. The van der Waals surface area contributed by atoms with Crippen LogP contribution in [0.5, 0.6) is 5.75 Å². The third-order valence-electron chi connectivity index (χ3n) is 3.97. The number of hydrogen-bond acceptors (Lipinski definition) is 6. The fraction of sp³-hybridized carbons (Fsp3) is 0.412. The number of fused-ring (bicyclic) bond motifs is 3. The van der Waals surface area contributed by atoms with Crippen molar-refractivity contribution in [2.24, 2.45) is 15.7 Å². The minimum Gasteiger partial charge on any atom is -0.491 e. The lowest BCUT2D eigenvalue weighted by Crippen LogP contribution is -2.20. The van der Waals surface area contributed by atoms with E-state index >= 15 is 0 Å². The molecule has 156 valence electrons. The van der Waals surface area contributed by atoms with Crippen molar-refractivity contribution in [3.63, 3.8) is 0 Å². The molecule has 0 aliphatic carbocycles. The predicted molar refractivity (Wildman–Crippen MR) is 101 cm³/mol. The van der Waals surface area contributed by atoms with Gasteiger partial charge in [0.2, 0.25) is 0 Å². The molecule has 0 fully saturated rings. The topological polar surface area (TPSA) is 114 Å². The average molecular weight is 411 g/mol. The van der Waals surface area contributed by atoms with Gasteiger partial charge in [0.15, 0.2) is 5.84 Å². The molecule has 9 nitrogen and oxygen atoms in total. The second kappa shape index (κ2) is 8.07. The van der Waals surface area contributed by atoms with Crippen LogP contribution in [0, 0.1) is 0 Å². The Bertz CT molecular complexity index is 951. The van der Waals surface area contributed by atoms with Crippen molar-refractivity contribution in [2.75, 3.05) is 38.8 Å². The smallest absolute Gasteiger partial charge is 0.408 e. The summed E-state index contributed by atoms with van der Waals surface area (Å²) in [5, 5.41) is 9.07. The molecule has 0 amide bonds. The minimum atomic E-state index is -4.52. The van der Waals surface area contributed by atoms with E-state index in [4.69, 9.17) is 15.6 Å². The normalized spacial score (nSPS) is 14.7. The molecule has 0 bridgehead atoms. The highest BCUT2D eigenvalue weighted by atomic mass is 19.4. The third kappa shape index (κ3) is 4.83. The number of alkyl halides is 3. The van der Waals surface area contributed by atoms with E-state index in [1.54, 1.807) is 16.8 Å². The third-order valence-corrected chi connectivity index (χ3v) is 3.97. The Balaban J connectivity index is 2.06. The number of aliphatic hydroxyl groups excluding tert-OH is 1. The van der Waals surface area contributed by atoms with E-state index in [0.717, 1.165) is 0 Å². The maximum Gasteiger partial charge on any atom is 0.408 e. The number of amidine groups is 2. The van der Waals surface area contributed by atoms with Crippen molar-refractivity contribution < 1.29 is 23.0 Å². The number of ether oxygens (including phenoxy) is 1. The molecule has 2 aromatic rings. The van der Waals surface area contributed by atoms with Gasteiger partial charge < -0.3 is 25.0 Å². The van der Waals surface area contributed by atoms with Gasteiger partial charge in [0.1, 0.15) is 48.7 Å². The van der Waals surface area contributed by atoms with Crippen LogP contribution in [-0.2, 0) is 6.54 Å². The van der Waals surface area contributed by atoms with Gasteiger partial charge >= 0.3 is 6.18 Å². The molecule has 3 N–H and O–H groups in total. The molecule has 1 aliphatic rings. The summed E-state index contributed by atoms with van der Waals surface area (Å²) in [5.41, 5.74) is 6.18. The number of imidazole rings is 1. The number of aliphatic hydroxyl groups is 1. The number of pyridine rings is 1. The maximum absolute atomic E-state index is 12.6. The summed E-state index contributed by atoms with van der Waals surface area (Å²) in [6.45, 7) is -1.31. The van der Waals surface area contributed by atoms with Crippen molar-refractivity contribution >= 4 is 17.5 Å². The van der Waals surface area contributed by atoms with Crippen molar-refractivity contribution in [1.29, 1.82) is 0 Å². The average Bonchev–Trinajstić information content (AvgIpc) is 3.00. The first-order chi connectivity index (χ1) is 13.7. The summed E-state index contributed by atoms with van der Waals surface area (Å²) in [7, 11) is 3.69. The van der Waals surface area contributed by atoms with Crippen LogP contribution in [-0.4, -0.2) is 71.3 Å². The number of aliphatic imine (C=N–C) groups is 2. The fourth-order valence-electron chi connectivity index (χ4n) is 2.63. The Morgan fingerprint density at radius 1 is 1.41 bits per heavy atom. The van der Waals surface area contributed by atoms with Gasteiger partial charge in [-0.3, -0.25) is 4.99 Å². The standard InChI is InChI=1S/C17H20F3N7O2/c1-26(2)14-5-12-10(6-22-14)16-24-11(7-27(16)3-4-29-12)15(25-13(21)8-28)23-9-17(18,19)20/h5-7,28H,3-4,8-9H2,1-2H3,(H2,21,23,25). The molecule has 2 aromatic heterocycles. The predicted octanol–water partition coefficient (Wildman–Crippen LogP) is 1.06.